The first kappa shape index (κ1) is 23.1. The fraction of sp³-hybridized carbons (Fsp3) is 0.895. The monoisotopic (exact) mass is 387 g/mol. The summed E-state index contributed by atoms with van der Waals surface area (Å²) in [6, 6.07) is 0.421. The molecule has 152 valence electrons. The maximum Gasteiger partial charge on any atom is 0.315 e. The lowest BCUT2D eigenvalue weighted by atomic mass is 10.0. The van der Waals surface area contributed by atoms with Crippen molar-refractivity contribution < 1.29 is 14.3 Å². The Kier molecular flexibility index (Phi) is 11.8. The molecule has 7 heteroatoms. The number of nitrogens with zero attached hydrogens (tertiary/aromatic N) is 1. The average molecular weight is 388 g/mol. The Morgan fingerprint density at radius 2 is 1.81 bits per heavy atom. The fourth-order valence-corrected chi connectivity index (χ4v) is 4.42. The summed E-state index contributed by atoms with van der Waals surface area (Å²) in [4.78, 5) is 24.9. The van der Waals surface area contributed by atoms with Gasteiger partial charge in [-0.05, 0) is 59.0 Å². The van der Waals surface area contributed by atoms with Crippen LogP contribution in [0.2, 0.25) is 0 Å². The van der Waals surface area contributed by atoms with Crippen LogP contribution in [-0.4, -0.2) is 67.7 Å². The summed E-state index contributed by atoms with van der Waals surface area (Å²) in [6.45, 7) is 4.29. The van der Waals surface area contributed by atoms with Gasteiger partial charge in [-0.15, -0.1) is 0 Å². The standard InChI is InChI=1S/C19H37N3O3S/c1-15-18(21-19(24)20-15)16(26-4)11-7-5-9-13-22(2)14-10-6-8-12-17(23)25-3/h15-16,18H,5-14H2,1-4H3,(H2,20,21,24)/t15-,16-,18-/m0/s1. The number of unbranched alkanes of at least 4 members (excludes halogenated alkanes) is 4. The number of esters is 1. The Morgan fingerprint density at radius 3 is 2.35 bits per heavy atom. The van der Waals surface area contributed by atoms with Gasteiger partial charge in [0.2, 0.25) is 0 Å². The highest BCUT2D eigenvalue weighted by atomic mass is 32.2. The smallest absolute Gasteiger partial charge is 0.315 e. The molecule has 26 heavy (non-hydrogen) atoms. The molecule has 0 aromatic carbocycles. The number of rotatable bonds is 14. The molecule has 2 amide bonds. The summed E-state index contributed by atoms with van der Waals surface area (Å²) in [6.07, 6.45) is 10.6. The molecule has 3 atom stereocenters. The minimum atomic E-state index is -0.107. The van der Waals surface area contributed by atoms with Gasteiger partial charge in [0, 0.05) is 17.7 Å². The molecule has 0 bridgehead atoms. The Morgan fingerprint density at radius 1 is 1.15 bits per heavy atom. The Bertz CT molecular complexity index is 423. The second-order valence-electron chi connectivity index (χ2n) is 7.25. The number of nitrogens with one attached hydrogen (secondary N) is 2. The molecular formula is C19H37N3O3S. The molecular weight excluding hydrogens is 350 g/mol. The lowest BCUT2D eigenvalue weighted by Crippen LogP contribution is -2.40. The fourth-order valence-electron chi connectivity index (χ4n) is 3.42. The molecule has 1 aliphatic rings. The van der Waals surface area contributed by atoms with E-state index in [-0.39, 0.29) is 24.1 Å². The summed E-state index contributed by atoms with van der Waals surface area (Å²) in [5.41, 5.74) is 0. The van der Waals surface area contributed by atoms with E-state index in [2.05, 4.69) is 40.5 Å². The van der Waals surface area contributed by atoms with Crippen LogP contribution < -0.4 is 10.6 Å². The van der Waals surface area contributed by atoms with Gasteiger partial charge in [-0.2, -0.15) is 11.8 Å². The van der Waals surface area contributed by atoms with Crippen molar-refractivity contribution in [2.75, 3.05) is 33.5 Å². The predicted octanol–water partition coefficient (Wildman–Crippen LogP) is 3.01. The van der Waals surface area contributed by atoms with E-state index in [4.69, 9.17) is 0 Å². The number of hydrogen-bond acceptors (Lipinski definition) is 5. The highest BCUT2D eigenvalue weighted by Crippen LogP contribution is 2.23. The van der Waals surface area contributed by atoms with Crippen molar-refractivity contribution >= 4 is 23.8 Å². The third-order valence-electron chi connectivity index (χ3n) is 5.08. The van der Waals surface area contributed by atoms with Gasteiger partial charge in [0.1, 0.15) is 0 Å². The molecule has 6 nitrogen and oxygen atoms in total. The van der Waals surface area contributed by atoms with Crippen molar-refractivity contribution in [2.24, 2.45) is 0 Å². The third-order valence-corrected chi connectivity index (χ3v) is 6.21. The lowest BCUT2D eigenvalue weighted by Gasteiger charge is -2.24. The van der Waals surface area contributed by atoms with Crippen LogP contribution in [0.4, 0.5) is 4.79 Å². The van der Waals surface area contributed by atoms with Crippen molar-refractivity contribution in [3.63, 3.8) is 0 Å². The second kappa shape index (κ2) is 13.3. The number of ether oxygens (including phenoxy) is 1. The van der Waals surface area contributed by atoms with Crippen molar-refractivity contribution in [1.29, 1.82) is 0 Å². The molecule has 1 aliphatic heterocycles. The molecule has 0 aliphatic carbocycles. The number of urea groups is 1. The average Bonchev–Trinajstić information content (AvgIpc) is 2.95. The van der Waals surface area contributed by atoms with Crippen LogP contribution in [0.15, 0.2) is 0 Å². The van der Waals surface area contributed by atoms with Gasteiger partial charge in [-0.25, -0.2) is 4.79 Å². The van der Waals surface area contributed by atoms with Crippen LogP contribution in [0.25, 0.3) is 0 Å². The highest BCUT2D eigenvalue weighted by molar-refractivity contribution is 7.99. The molecule has 0 radical (unpaired) electrons. The molecule has 0 aromatic heterocycles. The largest absolute Gasteiger partial charge is 0.469 e. The van der Waals surface area contributed by atoms with Crippen LogP contribution >= 0.6 is 11.8 Å². The summed E-state index contributed by atoms with van der Waals surface area (Å²) < 4.78 is 4.65. The maximum atomic E-state index is 11.5. The minimum absolute atomic E-state index is 0.0326. The molecule has 0 saturated carbocycles. The van der Waals surface area contributed by atoms with Crippen LogP contribution in [0.1, 0.15) is 58.3 Å². The molecule has 1 rings (SSSR count). The SMILES string of the molecule is COC(=O)CCCCCN(C)CCCCC[C@H](SC)[C@H]1NC(=O)N[C@H]1C. The summed E-state index contributed by atoms with van der Waals surface area (Å²) in [5.74, 6) is -0.107. The van der Waals surface area contributed by atoms with Gasteiger partial charge in [0.25, 0.3) is 0 Å². The van der Waals surface area contributed by atoms with Crippen molar-refractivity contribution in [3.8, 4) is 0 Å². The van der Waals surface area contributed by atoms with Crippen molar-refractivity contribution in [1.82, 2.24) is 15.5 Å². The number of hydrogen-bond donors (Lipinski definition) is 2. The van der Waals surface area contributed by atoms with E-state index in [1.807, 2.05) is 11.8 Å². The zero-order valence-corrected chi connectivity index (χ0v) is 17.7. The molecule has 1 fully saturated rings. The first-order valence-corrected chi connectivity index (χ1v) is 11.1. The van der Waals surface area contributed by atoms with E-state index in [1.165, 1.54) is 26.4 Å². The summed E-state index contributed by atoms with van der Waals surface area (Å²) in [7, 11) is 3.62. The van der Waals surface area contributed by atoms with Gasteiger partial charge in [0.15, 0.2) is 0 Å². The van der Waals surface area contributed by atoms with E-state index in [1.54, 1.807) is 0 Å². The zero-order valence-electron chi connectivity index (χ0n) is 16.9. The van der Waals surface area contributed by atoms with E-state index in [9.17, 15) is 9.59 Å². The minimum Gasteiger partial charge on any atom is -0.469 e. The Balaban J connectivity index is 2.03. The number of carbonyl (C=O) groups excluding carboxylic acids is 2. The van der Waals surface area contributed by atoms with Crippen LogP contribution in [0.3, 0.4) is 0 Å². The van der Waals surface area contributed by atoms with Crippen molar-refractivity contribution in [3.05, 3.63) is 0 Å². The molecule has 1 saturated heterocycles. The molecule has 0 spiro atoms. The summed E-state index contributed by atoms with van der Waals surface area (Å²) >= 11 is 1.86. The Labute approximate surface area is 163 Å². The van der Waals surface area contributed by atoms with Gasteiger partial charge >= 0.3 is 12.0 Å². The maximum absolute atomic E-state index is 11.5. The van der Waals surface area contributed by atoms with Crippen molar-refractivity contribution in [2.45, 2.75) is 75.6 Å². The quantitative estimate of drug-likeness (QED) is 0.354. The molecule has 0 unspecified atom stereocenters. The lowest BCUT2D eigenvalue weighted by molar-refractivity contribution is -0.140. The number of methoxy groups -OCH3 is 1. The van der Waals surface area contributed by atoms with Crippen LogP contribution in [-0.2, 0) is 9.53 Å². The zero-order chi connectivity index (χ0) is 19.4. The number of carbonyl (C=O) groups is 2. The normalized spacial score (nSPS) is 20.7. The number of amides is 2. The first-order valence-electron chi connectivity index (χ1n) is 9.83. The highest BCUT2D eigenvalue weighted by Gasteiger charge is 2.33. The molecule has 0 aromatic rings. The van der Waals surface area contributed by atoms with Gasteiger partial charge in [-0.3, -0.25) is 4.79 Å². The van der Waals surface area contributed by atoms with Gasteiger partial charge < -0.3 is 20.3 Å². The third kappa shape index (κ3) is 9.12. The van der Waals surface area contributed by atoms with E-state index in [0.29, 0.717) is 11.7 Å². The van der Waals surface area contributed by atoms with Gasteiger partial charge in [-0.1, -0.05) is 19.3 Å². The van der Waals surface area contributed by atoms with Gasteiger partial charge in [0.05, 0.1) is 13.2 Å². The predicted molar refractivity (Wildman–Crippen MR) is 109 cm³/mol. The van der Waals surface area contributed by atoms with E-state index < -0.39 is 0 Å². The van der Waals surface area contributed by atoms with E-state index >= 15 is 0 Å². The molecule has 2 N–H and O–H groups in total. The van der Waals surface area contributed by atoms with Crippen LogP contribution in [0.5, 0.6) is 0 Å². The van der Waals surface area contributed by atoms with E-state index in [0.717, 1.165) is 38.8 Å². The van der Waals surface area contributed by atoms with Crippen LogP contribution in [0, 0.1) is 0 Å². The first-order chi connectivity index (χ1) is 12.5. The topological polar surface area (TPSA) is 70.7 Å². The Hall–Kier alpha value is -0.950. The second-order valence-corrected chi connectivity index (χ2v) is 8.32. The number of thioether (sulfide) groups is 1. The molecule has 1 heterocycles. The summed E-state index contributed by atoms with van der Waals surface area (Å²) in [5, 5.41) is 6.47.